The van der Waals surface area contributed by atoms with Crippen LogP contribution in [0.15, 0.2) is 30.3 Å². The number of ether oxygens (including phenoxy) is 2. The van der Waals surface area contributed by atoms with Crippen LogP contribution in [0.4, 0.5) is 4.79 Å². The molecule has 0 spiro atoms. The second-order valence-corrected chi connectivity index (χ2v) is 10.5. The highest BCUT2D eigenvalue weighted by Gasteiger charge is 2.18. The van der Waals surface area contributed by atoms with E-state index in [2.05, 4.69) is 22.9 Å². The molecule has 1 aromatic rings. The molecule has 0 bridgehead atoms. The van der Waals surface area contributed by atoms with Crippen molar-refractivity contribution in [2.24, 2.45) is 0 Å². The average Bonchev–Trinajstić information content (AvgIpc) is 2.83. The number of benzene rings is 1. The van der Waals surface area contributed by atoms with E-state index in [1.54, 1.807) is 0 Å². The van der Waals surface area contributed by atoms with Crippen LogP contribution >= 0.6 is 0 Å². The number of hydrogen-bond acceptors (Lipinski definition) is 5. The van der Waals surface area contributed by atoms with Crippen molar-refractivity contribution in [3.8, 4) is 0 Å². The van der Waals surface area contributed by atoms with Gasteiger partial charge in [0.2, 0.25) is 5.91 Å². The maximum atomic E-state index is 12.8. The van der Waals surface area contributed by atoms with Gasteiger partial charge in [0.05, 0.1) is 12.6 Å². The summed E-state index contributed by atoms with van der Waals surface area (Å²) in [6, 6.07) is 9.78. The highest BCUT2D eigenvalue weighted by atomic mass is 16.5. The van der Waals surface area contributed by atoms with Crippen LogP contribution in [-0.4, -0.2) is 49.9 Å². The molecule has 2 amide bonds. The number of carbonyl (C=O) groups excluding carboxylic acids is 2. The van der Waals surface area contributed by atoms with E-state index >= 15 is 0 Å². The Bertz CT molecular complexity index is 692. The minimum absolute atomic E-state index is 0.00764. The van der Waals surface area contributed by atoms with Gasteiger partial charge in [0.15, 0.2) is 0 Å². The van der Waals surface area contributed by atoms with Crippen molar-refractivity contribution in [1.82, 2.24) is 16.0 Å². The van der Waals surface area contributed by atoms with E-state index in [9.17, 15) is 9.59 Å². The quantitative estimate of drug-likeness (QED) is 0.197. The normalized spacial score (nSPS) is 12.2. The lowest BCUT2D eigenvalue weighted by molar-refractivity contribution is -0.123. The topological polar surface area (TPSA) is 88.7 Å². The lowest BCUT2D eigenvalue weighted by Gasteiger charge is -2.20. The van der Waals surface area contributed by atoms with Gasteiger partial charge in [-0.15, -0.1) is 0 Å². The van der Waals surface area contributed by atoms with Gasteiger partial charge in [0.25, 0.3) is 0 Å². The van der Waals surface area contributed by atoms with Gasteiger partial charge < -0.3 is 25.4 Å². The molecule has 0 aliphatic carbocycles. The number of unbranched alkanes of at least 4 members (excludes halogenated alkanes) is 6. The zero-order valence-electron chi connectivity index (χ0n) is 23.2. The van der Waals surface area contributed by atoms with Crippen molar-refractivity contribution in [3.05, 3.63) is 35.9 Å². The lowest BCUT2D eigenvalue weighted by atomic mass is 10.1. The average molecular weight is 506 g/mol. The summed E-state index contributed by atoms with van der Waals surface area (Å²) in [7, 11) is 0. The zero-order valence-corrected chi connectivity index (χ0v) is 23.2. The van der Waals surface area contributed by atoms with Crippen LogP contribution in [0.2, 0.25) is 0 Å². The lowest BCUT2D eigenvalue weighted by Crippen LogP contribution is -2.44. The predicted molar refractivity (Wildman–Crippen MR) is 147 cm³/mol. The molecule has 3 N–H and O–H groups in total. The Labute approximate surface area is 219 Å². The Morgan fingerprint density at radius 2 is 1.53 bits per heavy atom. The largest absolute Gasteiger partial charge is 0.450 e. The molecule has 0 aliphatic heterocycles. The number of hydrogen-bond donors (Lipinski definition) is 3. The second kappa shape index (κ2) is 20.0. The Balaban J connectivity index is 2.29. The SMILES string of the molecule is CCCCCCCCOCCCNC(=O)C(CCCCOC(=O)NC(C)(C)C)NCc1ccccc1. The molecule has 0 fully saturated rings. The molecule has 0 saturated carbocycles. The van der Waals surface area contributed by atoms with Gasteiger partial charge in [-0.3, -0.25) is 4.79 Å². The van der Waals surface area contributed by atoms with Gasteiger partial charge in [-0.05, 0) is 58.4 Å². The maximum Gasteiger partial charge on any atom is 0.407 e. The van der Waals surface area contributed by atoms with Gasteiger partial charge in [-0.2, -0.15) is 0 Å². The molecule has 206 valence electrons. The highest BCUT2D eigenvalue weighted by molar-refractivity contribution is 5.81. The van der Waals surface area contributed by atoms with Crippen LogP contribution in [0.3, 0.4) is 0 Å². The van der Waals surface area contributed by atoms with Crippen LogP contribution in [0, 0.1) is 0 Å². The van der Waals surface area contributed by atoms with Crippen molar-refractivity contribution >= 4 is 12.0 Å². The van der Waals surface area contributed by atoms with Gasteiger partial charge in [0, 0.05) is 31.8 Å². The molecule has 7 heteroatoms. The van der Waals surface area contributed by atoms with Crippen LogP contribution in [0.5, 0.6) is 0 Å². The third kappa shape index (κ3) is 18.2. The Morgan fingerprint density at radius 3 is 2.25 bits per heavy atom. The third-order valence-corrected chi connectivity index (χ3v) is 5.72. The van der Waals surface area contributed by atoms with Crippen LogP contribution in [0.25, 0.3) is 0 Å². The van der Waals surface area contributed by atoms with Crippen LogP contribution in [0.1, 0.15) is 97.5 Å². The first-order chi connectivity index (χ1) is 17.3. The second-order valence-electron chi connectivity index (χ2n) is 10.5. The van der Waals surface area contributed by atoms with Crippen molar-refractivity contribution in [2.75, 3.05) is 26.4 Å². The van der Waals surface area contributed by atoms with Crippen molar-refractivity contribution in [1.29, 1.82) is 0 Å². The van der Waals surface area contributed by atoms with Gasteiger partial charge in [-0.1, -0.05) is 69.4 Å². The molecule has 0 aromatic heterocycles. The number of nitrogens with one attached hydrogen (secondary N) is 3. The summed E-state index contributed by atoms with van der Waals surface area (Å²) in [5.41, 5.74) is 0.821. The Kier molecular flexibility index (Phi) is 17.7. The molecule has 1 rings (SSSR count). The van der Waals surface area contributed by atoms with E-state index in [0.717, 1.165) is 31.4 Å². The summed E-state index contributed by atoms with van der Waals surface area (Å²) in [5, 5.41) is 9.23. The first-order valence-electron chi connectivity index (χ1n) is 13.9. The van der Waals surface area contributed by atoms with E-state index in [1.807, 2.05) is 51.1 Å². The van der Waals surface area contributed by atoms with Crippen molar-refractivity contribution < 1.29 is 19.1 Å². The number of rotatable bonds is 20. The fourth-order valence-corrected chi connectivity index (χ4v) is 3.72. The standard InChI is InChI=1S/C29H51N3O4/c1-5-6-7-8-9-14-21-35-22-16-20-30-27(33)26(31-24-25-17-11-10-12-18-25)19-13-15-23-36-28(34)32-29(2,3)4/h10-12,17-18,26,31H,5-9,13-16,19-24H2,1-4H3,(H,30,33)(H,32,34). The van der Waals surface area contributed by atoms with E-state index in [-0.39, 0.29) is 17.5 Å². The summed E-state index contributed by atoms with van der Waals surface area (Å²) in [5.74, 6) is 0.00764. The summed E-state index contributed by atoms with van der Waals surface area (Å²) in [6.07, 6.45) is 10.1. The summed E-state index contributed by atoms with van der Waals surface area (Å²) >= 11 is 0. The predicted octanol–water partition coefficient (Wildman–Crippen LogP) is 5.72. The Morgan fingerprint density at radius 1 is 0.861 bits per heavy atom. The van der Waals surface area contributed by atoms with Crippen LogP contribution in [-0.2, 0) is 20.8 Å². The molecule has 0 saturated heterocycles. The summed E-state index contributed by atoms with van der Waals surface area (Å²) in [6.45, 7) is 11.0. The van der Waals surface area contributed by atoms with E-state index in [1.165, 1.54) is 32.1 Å². The summed E-state index contributed by atoms with van der Waals surface area (Å²) < 4.78 is 11.0. The zero-order chi connectivity index (χ0) is 26.5. The van der Waals surface area contributed by atoms with Gasteiger partial charge in [0.1, 0.15) is 0 Å². The summed E-state index contributed by atoms with van der Waals surface area (Å²) in [4.78, 5) is 24.6. The third-order valence-electron chi connectivity index (χ3n) is 5.72. The van der Waals surface area contributed by atoms with Crippen LogP contribution < -0.4 is 16.0 Å². The monoisotopic (exact) mass is 505 g/mol. The van der Waals surface area contributed by atoms with Crippen molar-refractivity contribution in [3.63, 3.8) is 0 Å². The highest BCUT2D eigenvalue weighted by Crippen LogP contribution is 2.07. The molecule has 7 nitrogen and oxygen atoms in total. The van der Waals surface area contributed by atoms with E-state index < -0.39 is 6.09 Å². The van der Waals surface area contributed by atoms with E-state index in [4.69, 9.17) is 9.47 Å². The number of alkyl carbamates (subject to hydrolysis) is 1. The Hall–Kier alpha value is -2.12. The van der Waals surface area contributed by atoms with Gasteiger partial charge in [-0.25, -0.2) is 4.79 Å². The fourth-order valence-electron chi connectivity index (χ4n) is 3.72. The molecular formula is C29H51N3O4. The smallest absolute Gasteiger partial charge is 0.407 e. The van der Waals surface area contributed by atoms with E-state index in [0.29, 0.717) is 39.1 Å². The molecule has 0 radical (unpaired) electrons. The first kappa shape index (κ1) is 31.9. The van der Waals surface area contributed by atoms with Gasteiger partial charge >= 0.3 is 6.09 Å². The molecule has 1 aromatic carbocycles. The minimum atomic E-state index is -0.405. The molecule has 1 unspecified atom stereocenters. The first-order valence-corrected chi connectivity index (χ1v) is 13.9. The molecule has 0 aliphatic rings. The fraction of sp³-hybridized carbons (Fsp3) is 0.724. The molecule has 0 heterocycles. The minimum Gasteiger partial charge on any atom is -0.450 e. The number of carbonyl (C=O) groups is 2. The maximum absolute atomic E-state index is 12.8. The van der Waals surface area contributed by atoms with Crippen molar-refractivity contribution in [2.45, 2.75) is 110 Å². The molecule has 36 heavy (non-hydrogen) atoms. The molecule has 1 atom stereocenters. The molecular weight excluding hydrogens is 454 g/mol. The number of amides is 2.